The van der Waals surface area contributed by atoms with E-state index in [1.165, 1.54) is 59.6 Å². The zero-order valence-corrected chi connectivity index (χ0v) is 78.7. The smallest absolute Gasteiger partial charge is 0.182 e. The number of rotatable bonds is 14. The first kappa shape index (κ1) is 86.4. The van der Waals surface area contributed by atoms with E-state index in [4.69, 9.17) is 64.8 Å². The van der Waals surface area contributed by atoms with Crippen molar-refractivity contribution in [3.05, 3.63) is 504 Å². The summed E-state index contributed by atoms with van der Waals surface area (Å²) >= 11 is 0. The van der Waals surface area contributed by atoms with Gasteiger partial charge in [0.2, 0.25) is 0 Å². The van der Waals surface area contributed by atoms with Crippen LogP contribution in [0.4, 0.5) is 0 Å². The van der Waals surface area contributed by atoms with Crippen molar-refractivity contribution < 1.29 is 0 Å². The molecule has 0 aliphatic heterocycles. The molecular formula is C133H83N13. The van der Waals surface area contributed by atoms with Gasteiger partial charge in [0.15, 0.2) is 29.1 Å². The lowest BCUT2D eigenvalue weighted by molar-refractivity contribution is 1.06. The Morgan fingerprint density at radius 1 is 0.103 bits per heavy atom. The van der Waals surface area contributed by atoms with Gasteiger partial charge >= 0.3 is 0 Å². The van der Waals surface area contributed by atoms with Crippen LogP contribution >= 0.6 is 0 Å². The van der Waals surface area contributed by atoms with Gasteiger partial charge in [-0.05, 0) is 155 Å². The molecule has 9 heterocycles. The molecule has 0 atom stereocenters. The van der Waals surface area contributed by atoms with Gasteiger partial charge in [-0.3, -0.25) is 0 Å². The number of pyridine rings is 6. The van der Waals surface area contributed by atoms with E-state index in [-0.39, 0.29) is 0 Å². The van der Waals surface area contributed by atoms with Crippen LogP contribution in [0.1, 0.15) is 0 Å². The minimum absolute atomic E-state index is 0.503. The van der Waals surface area contributed by atoms with Gasteiger partial charge in [0.05, 0.1) is 84.9 Å². The summed E-state index contributed by atoms with van der Waals surface area (Å²) in [6.45, 7) is 0. The average molecular weight is 1860 g/mol. The fourth-order valence-electron chi connectivity index (χ4n) is 20.1. The van der Waals surface area contributed by atoms with Crippen molar-refractivity contribution in [1.29, 1.82) is 0 Å². The summed E-state index contributed by atoms with van der Waals surface area (Å²) in [4.78, 5) is 66.6. The Balaban J connectivity index is 0.000000111. The van der Waals surface area contributed by atoms with Crippen molar-refractivity contribution in [2.24, 2.45) is 0 Å². The zero-order chi connectivity index (χ0) is 96.7. The highest BCUT2D eigenvalue weighted by molar-refractivity contribution is 6.25. The third-order valence-electron chi connectivity index (χ3n) is 27.2. The highest BCUT2D eigenvalue weighted by Gasteiger charge is 2.24. The van der Waals surface area contributed by atoms with Crippen molar-refractivity contribution >= 4 is 119 Å². The summed E-state index contributed by atoms with van der Waals surface area (Å²) in [5, 5.41) is 21.9. The summed E-state index contributed by atoms with van der Waals surface area (Å²) in [5.41, 5.74) is 23.5. The van der Waals surface area contributed by atoms with Crippen LogP contribution in [0.25, 0.3) is 278 Å². The second-order valence-electron chi connectivity index (χ2n) is 36.3. The van der Waals surface area contributed by atoms with Gasteiger partial charge < -0.3 is 0 Å². The molecular weight excluding hydrogens is 1780 g/mol. The Kier molecular flexibility index (Phi) is 22.3. The Hall–Kier alpha value is -19.9. The number of benzene rings is 19. The highest BCUT2D eigenvalue weighted by Crippen LogP contribution is 2.44. The molecule has 146 heavy (non-hydrogen) atoms. The Morgan fingerprint density at radius 2 is 0.356 bits per heavy atom. The maximum atomic E-state index is 5.22. The number of para-hydroxylation sites is 3. The molecule has 0 bridgehead atoms. The molecule has 13 heteroatoms. The van der Waals surface area contributed by atoms with E-state index in [0.717, 1.165) is 183 Å². The topological polar surface area (TPSA) is 168 Å². The molecule has 13 nitrogen and oxygen atoms in total. The van der Waals surface area contributed by atoms with Gasteiger partial charge in [-0.1, -0.05) is 425 Å². The van der Waals surface area contributed by atoms with Crippen molar-refractivity contribution in [3.8, 4) is 159 Å². The van der Waals surface area contributed by atoms with E-state index >= 15 is 0 Å². The SMILES string of the molecule is c1cc(-c2nc(-c3ccc4ccccc4c3)nc(-c3ccc4ccccc4c3)n2)nc(-c2nc3ccccc3c3c2ccc2ccccc23)c1.c1ccc(-c2ccc(-c3cc(-c4cccc(-c5nc6ccccc6c6c5ccc5ccccc56)n4)nc(-c4ccccc4)n3)cc2)cc1.c1ccc(-c2ccc(-c3nc(-c4ccccc4)cc(-c4cccc(-c5nc6ccccc6c6c5ccc5ccccc56)n4)n3)cc2)cc1. The van der Waals surface area contributed by atoms with Crippen molar-refractivity contribution in [2.75, 3.05) is 0 Å². The summed E-state index contributed by atoms with van der Waals surface area (Å²) in [7, 11) is 0. The number of hydrogen-bond acceptors (Lipinski definition) is 13. The second-order valence-corrected chi connectivity index (χ2v) is 36.3. The molecule has 0 amide bonds. The van der Waals surface area contributed by atoms with Gasteiger partial charge in [-0.15, -0.1) is 0 Å². The quantitative estimate of drug-likeness (QED) is 0.0944. The molecule has 0 N–H and O–H groups in total. The van der Waals surface area contributed by atoms with E-state index in [1.807, 2.05) is 158 Å². The molecule has 680 valence electrons. The van der Waals surface area contributed by atoms with E-state index in [2.05, 4.69) is 346 Å². The summed E-state index contributed by atoms with van der Waals surface area (Å²) in [5.74, 6) is 3.00. The van der Waals surface area contributed by atoms with E-state index in [0.29, 0.717) is 34.8 Å². The van der Waals surface area contributed by atoms with Crippen molar-refractivity contribution in [1.82, 2.24) is 64.8 Å². The van der Waals surface area contributed by atoms with Gasteiger partial charge in [-0.2, -0.15) is 0 Å². The molecule has 0 radical (unpaired) electrons. The van der Waals surface area contributed by atoms with Crippen LogP contribution in [0.3, 0.4) is 0 Å². The number of nitrogens with zero attached hydrogens (tertiary/aromatic N) is 13. The third-order valence-corrected chi connectivity index (χ3v) is 27.2. The molecule has 9 aromatic heterocycles. The van der Waals surface area contributed by atoms with Crippen LogP contribution in [0.2, 0.25) is 0 Å². The maximum Gasteiger partial charge on any atom is 0.182 e. The lowest BCUT2D eigenvalue weighted by Crippen LogP contribution is -2.02. The molecule has 0 aliphatic rings. The van der Waals surface area contributed by atoms with Crippen molar-refractivity contribution in [3.63, 3.8) is 0 Å². The minimum atomic E-state index is 0.503. The predicted octanol–water partition coefficient (Wildman–Crippen LogP) is 33.2. The molecule has 0 spiro atoms. The number of fused-ring (bicyclic) bond motifs is 17. The molecule has 0 unspecified atom stereocenters. The molecule has 0 saturated carbocycles. The standard InChI is InChI=1S/C45H27N5.2C44H28N4/c1-3-13-31-26-33(22-20-28(31)10-1)43-48-44(34-23-21-29-11-2-4-14-32(29)27-34)50-45(49-43)40-19-9-18-39(46-40)42-37-25-24-30-12-5-6-15-35(30)41(37)36-16-7-8-17-38(36)47-42;1-3-12-29(13-4-1)30-22-24-32(25-23-30)40-28-41(48-44(47-40)33-15-5-2-6-16-33)38-20-11-21-39(45-38)43-36-27-26-31-14-7-8-17-34(31)42(36)35-18-9-10-19-37(35)46-43;1-3-12-29(13-4-1)30-22-24-33(25-23-30)44-47-40(32-15-5-2-6-16-32)28-41(48-44)38-20-11-21-39(45-38)43-36-27-26-31-14-7-8-17-34(31)42(36)35-18-9-10-19-37(35)46-43/h1-27H;2*1-28H. The van der Waals surface area contributed by atoms with Gasteiger partial charge in [0, 0.05) is 81.9 Å². The Labute approximate surface area is 840 Å². The molecule has 0 saturated heterocycles. The van der Waals surface area contributed by atoms with Gasteiger partial charge in [-0.25, -0.2) is 64.8 Å². The van der Waals surface area contributed by atoms with Gasteiger partial charge in [0.25, 0.3) is 0 Å². The Morgan fingerprint density at radius 3 is 0.753 bits per heavy atom. The summed E-state index contributed by atoms with van der Waals surface area (Å²) in [6, 6.07) is 173. The number of hydrogen-bond donors (Lipinski definition) is 0. The van der Waals surface area contributed by atoms with E-state index < -0.39 is 0 Å². The first-order valence-corrected chi connectivity index (χ1v) is 48.8. The molecule has 0 aliphatic carbocycles. The highest BCUT2D eigenvalue weighted by atomic mass is 15.1. The monoisotopic (exact) mass is 1860 g/mol. The summed E-state index contributed by atoms with van der Waals surface area (Å²) in [6.07, 6.45) is 0. The van der Waals surface area contributed by atoms with Crippen LogP contribution in [-0.2, 0) is 0 Å². The molecule has 28 aromatic rings. The minimum Gasteiger partial charge on any atom is -0.245 e. The summed E-state index contributed by atoms with van der Waals surface area (Å²) < 4.78 is 0. The Bertz CT molecular complexity index is 9440. The van der Waals surface area contributed by atoms with E-state index in [9.17, 15) is 0 Å². The van der Waals surface area contributed by atoms with E-state index in [1.54, 1.807) is 0 Å². The fourth-order valence-corrected chi connectivity index (χ4v) is 20.1. The molecule has 28 rings (SSSR count). The lowest BCUT2D eigenvalue weighted by atomic mass is 9.96. The van der Waals surface area contributed by atoms with Crippen LogP contribution < -0.4 is 0 Å². The largest absolute Gasteiger partial charge is 0.245 e. The zero-order valence-electron chi connectivity index (χ0n) is 78.7. The van der Waals surface area contributed by atoms with Crippen LogP contribution in [0.15, 0.2) is 504 Å². The van der Waals surface area contributed by atoms with Crippen LogP contribution in [-0.4, -0.2) is 64.8 Å². The van der Waals surface area contributed by atoms with Crippen molar-refractivity contribution in [2.45, 2.75) is 0 Å². The fraction of sp³-hybridized carbons (Fsp3) is 0. The first-order chi connectivity index (χ1) is 72.3. The average Bonchev–Trinajstić information content (AvgIpc) is 0.748. The lowest BCUT2D eigenvalue weighted by Gasteiger charge is -2.13. The first-order valence-electron chi connectivity index (χ1n) is 48.8. The number of aromatic nitrogens is 13. The van der Waals surface area contributed by atoms with Crippen LogP contribution in [0.5, 0.6) is 0 Å². The normalized spacial score (nSPS) is 11.4. The maximum absolute atomic E-state index is 5.22. The second kappa shape index (κ2) is 37.7. The predicted molar refractivity (Wildman–Crippen MR) is 599 cm³/mol. The molecule has 19 aromatic carbocycles. The van der Waals surface area contributed by atoms with Gasteiger partial charge in [0.1, 0.15) is 5.69 Å². The van der Waals surface area contributed by atoms with Crippen LogP contribution in [0, 0.1) is 0 Å². The third kappa shape index (κ3) is 16.8. The molecule has 0 fully saturated rings.